The van der Waals surface area contributed by atoms with Crippen LogP contribution < -0.4 is 4.74 Å². The molecular formula is C10H13NO. The summed E-state index contributed by atoms with van der Waals surface area (Å²) in [4.78, 5) is 2.20. The predicted molar refractivity (Wildman–Crippen MR) is 48.1 cm³/mol. The molecule has 0 saturated carbocycles. The quantitative estimate of drug-likeness (QED) is 0.658. The molecule has 1 aliphatic rings. The Hall–Kier alpha value is -1.02. The van der Waals surface area contributed by atoms with Crippen molar-refractivity contribution in [3.63, 3.8) is 0 Å². The van der Waals surface area contributed by atoms with Gasteiger partial charge in [-0.2, -0.15) is 0 Å². The Bertz CT molecular complexity index is 247. The van der Waals surface area contributed by atoms with Crippen LogP contribution in [0, 0.1) is 0 Å². The van der Waals surface area contributed by atoms with Gasteiger partial charge < -0.3 is 4.74 Å². The zero-order valence-corrected chi connectivity index (χ0v) is 7.23. The van der Waals surface area contributed by atoms with Crippen LogP contribution in [0.1, 0.15) is 6.42 Å². The summed E-state index contributed by atoms with van der Waals surface area (Å²) in [7, 11) is 2.08. The van der Waals surface area contributed by atoms with Crippen molar-refractivity contribution in [2.75, 3.05) is 13.6 Å². The maximum atomic E-state index is 5.69. The van der Waals surface area contributed by atoms with E-state index in [9.17, 15) is 0 Å². The Morgan fingerprint density at radius 2 is 2.08 bits per heavy atom. The van der Waals surface area contributed by atoms with Crippen LogP contribution in [0.4, 0.5) is 0 Å². The topological polar surface area (TPSA) is 12.5 Å². The van der Waals surface area contributed by atoms with E-state index in [2.05, 4.69) is 11.9 Å². The number of benzene rings is 1. The summed E-state index contributed by atoms with van der Waals surface area (Å²) in [5.41, 5.74) is 0. The third-order valence-corrected chi connectivity index (χ3v) is 2.24. The van der Waals surface area contributed by atoms with E-state index in [1.165, 1.54) is 0 Å². The Morgan fingerprint density at radius 1 is 1.33 bits per heavy atom. The Labute approximate surface area is 72.8 Å². The van der Waals surface area contributed by atoms with Crippen LogP contribution in [0.5, 0.6) is 5.75 Å². The number of ether oxygens (including phenoxy) is 1. The number of hydrogen-bond acceptors (Lipinski definition) is 2. The Balaban J connectivity index is 1.95. The average Bonchev–Trinajstić information content (AvgIpc) is 2.14. The van der Waals surface area contributed by atoms with Crippen LogP contribution in [0.3, 0.4) is 0 Å². The van der Waals surface area contributed by atoms with E-state index in [1.54, 1.807) is 0 Å². The van der Waals surface area contributed by atoms with E-state index in [1.807, 2.05) is 30.3 Å². The summed E-state index contributed by atoms with van der Waals surface area (Å²) in [5, 5.41) is 0. The minimum Gasteiger partial charge on any atom is -0.475 e. The molecule has 1 aliphatic heterocycles. The van der Waals surface area contributed by atoms with Crippen LogP contribution in [-0.4, -0.2) is 24.7 Å². The van der Waals surface area contributed by atoms with Crippen molar-refractivity contribution in [1.82, 2.24) is 4.90 Å². The summed E-state index contributed by atoms with van der Waals surface area (Å²) in [5.74, 6) is 0.967. The first kappa shape index (κ1) is 7.62. The lowest BCUT2D eigenvalue weighted by Crippen LogP contribution is -2.48. The maximum Gasteiger partial charge on any atom is 0.153 e. The average molecular weight is 163 g/mol. The molecule has 1 aromatic carbocycles. The molecule has 0 bridgehead atoms. The Morgan fingerprint density at radius 3 is 2.58 bits per heavy atom. The van der Waals surface area contributed by atoms with Gasteiger partial charge in [0, 0.05) is 13.0 Å². The summed E-state index contributed by atoms with van der Waals surface area (Å²) in [6.07, 6.45) is 1.44. The lowest BCUT2D eigenvalue weighted by atomic mass is 10.2. The van der Waals surface area contributed by atoms with Crippen molar-refractivity contribution in [2.45, 2.75) is 12.6 Å². The predicted octanol–water partition coefficient (Wildman–Crippen LogP) is 1.73. The van der Waals surface area contributed by atoms with Gasteiger partial charge in [-0.15, -0.1) is 0 Å². The SMILES string of the molecule is CN1CCC1Oc1ccccc1. The molecule has 64 valence electrons. The van der Waals surface area contributed by atoms with E-state index in [-0.39, 0.29) is 0 Å². The highest BCUT2D eigenvalue weighted by Crippen LogP contribution is 2.19. The summed E-state index contributed by atoms with van der Waals surface area (Å²) >= 11 is 0. The standard InChI is InChI=1S/C10H13NO/c1-11-8-7-10(11)12-9-5-3-2-4-6-9/h2-6,10H,7-8H2,1H3. The number of nitrogens with zero attached hydrogens (tertiary/aromatic N) is 1. The van der Waals surface area contributed by atoms with Gasteiger partial charge in [0.15, 0.2) is 6.23 Å². The smallest absolute Gasteiger partial charge is 0.153 e. The third-order valence-electron chi connectivity index (χ3n) is 2.24. The van der Waals surface area contributed by atoms with E-state index >= 15 is 0 Å². The van der Waals surface area contributed by atoms with Gasteiger partial charge in [-0.05, 0) is 19.2 Å². The minimum atomic E-state index is 0.299. The minimum absolute atomic E-state index is 0.299. The molecule has 0 aliphatic carbocycles. The van der Waals surface area contributed by atoms with Crippen molar-refractivity contribution >= 4 is 0 Å². The maximum absolute atomic E-state index is 5.69. The van der Waals surface area contributed by atoms with Gasteiger partial charge in [-0.3, -0.25) is 4.90 Å². The molecule has 2 nitrogen and oxygen atoms in total. The molecule has 0 amide bonds. The fraction of sp³-hybridized carbons (Fsp3) is 0.400. The van der Waals surface area contributed by atoms with Gasteiger partial charge in [0.2, 0.25) is 0 Å². The molecule has 2 rings (SSSR count). The summed E-state index contributed by atoms with van der Waals surface area (Å²) in [6, 6.07) is 9.97. The molecule has 0 aromatic heterocycles. The molecule has 2 heteroatoms. The van der Waals surface area contributed by atoms with Crippen molar-refractivity contribution in [3.8, 4) is 5.75 Å². The second kappa shape index (κ2) is 3.15. The largest absolute Gasteiger partial charge is 0.475 e. The van der Waals surface area contributed by atoms with Crippen LogP contribution in [-0.2, 0) is 0 Å². The number of hydrogen-bond donors (Lipinski definition) is 0. The van der Waals surface area contributed by atoms with E-state index < -0.39 is 0 Å². The molecule has 0 radical (unpaired) electrons. The number of para-hydroxylation sites is 1. The first-order valence-electron chi connectivity index (χ1n) is 4.28. The Kier molecular flexibility index (Phi) is 2.00. The summed E-state index contributed by atoms with van der Waals surface area (Å²) < 4.78 is 5.69. The molecule has 1 heterocycles. The third kappa shape index (κ3) is 1.43. The van der Waals surface area contributed by atoms with Gasteiger partial charge in [0.1, 0.15) is 5.75 Å². The molecule has 1 fully saturated rings. The summed E-state index contributed by atoms with van der Waals surface area (Å²) in [6.45, 7) is 1.15. The molecule has 1 atom stereocenters. The second-order valence-corrected chi connectivity index (χ2v) is 3.15. The van der Waals surface area contributed by atoms with E-state index in [4.69, 9.17) is 4.74 Å². The highest BCUT2D eigenvalue weighted by Gasteiger charge is 2.25. The normalized spacial score (nSPS) is 23.2. The number of likely N-dealkylation sites (tertiary alicyclic amines) is 1. The molecule has 0 N–H and O–H groups in total. The van der Waals surface area contributed by atoms with Gasteiger partial charge >= 0.3 is 0 Å². The second-order valence-electron chi connectivity index (χ2n) is 3.15. The fourth-order valence-electron chi connectivity index (χ4n) is 1.30. The molecule has 1 unspecified atom stereocenters. The zero-order valence-electron chi connectivity index (χ0n) is 7.23. The lowest BCUT2D eigenvalue weighted by Gasteiger charge is -2.37. The van der Waals surface area contributed by atoms with Gasteiger partial charge in [-0.1, -0.05) is 18.2 Å². The van der Waals surface area contributed by atoms with Crippen molar-refractivity contribution < 1.29 is 4.74 Å². The van der Waals surface area contributed by atoms with Gasteiger partial charge in [0.05, 0.1) is 0 Å². The molecule has 12 heavy (non-hydrogen) atoms. The van der Waals surface area contributed by atoms with Gasteiger partial charge in [0.25, 0.3) is 0 Å². The monoisotopic (exact) mass is 163 g/mol. The van der Waals surface area contributed by atoms with Gasteiger partial charge in [-0.25, -0.2) is 0 Å². The molecule has 1 saturated heterocycles. The number of rotatable bonds is 2. The zero-order chi connectivity index (χ0) is 8.39. The highest BCUT2D eigenvalue weighted by atomic mass is 16.5. The van der Waals surface area contributed by atoms with Crippen LogP contribution in [0.25, 0.3) is 0 Å². The van der Waals surface area contributed by atoms with Crippen LogP contribution in [0.2, 0.25) is 0 Å². The molecule has 0 spiro atoms. The first-order chi connectivity index (χ1) is 5.86. The van der Waals surface area contributed by atoms with Crippen LogP contribution in [0.15, 0.2) is 30.3 Å². The molecular weight excluding hydrogens is 150 g/mol. The van der Waals surface area contributed by atoms with Crippen molar-refractivity contribution in [3.05, 3.63) is 30.3 Å². The lowest BCUT2D eigenvalue weighted by molar-refractivity contribution is -0.0351. The van der Waals surface area contributed by atoms with Crippen LogP contribution >= 0.6 is 0 Å². The van der Waals surface area contributed by atoms with Crippen molar-refractivity contribution in [1.29, 1.82) is 0 Å². The van der Waals surface area contributed by atoms with E-state index in [0.29, 0.717) is 6.23 Å². The fourth-order valence-corrected chi connectivity index (χ4v) is 1.30. The van der Waals surface area contributed by atoms with E-state index in [0.717, 1.165) is 18.7 Å². The highest BCUT2D eigenvalue weighted by molar-refractivity contribution is 5.21. The van der Waals surface area contributed by atoms with Crippen molar-refractivity contribution in [2.24, 2.45) is 0 Å². The molecule has 1 aromatic rings. The first-order valence-corrected chi connectivity index (χ1v) is 4.28.